The Hall–Kier alpha value is -0.570. The van der Waals surface area contributed by atoms with Gasteiger partial charge in [0.25, 0.3) is 0 Å². The maximum absolute atomic E-state index is 11.7. The van der Waals surface area contributed by atoms with Gasteiger partial charge in [0.1, 0.15) is 0 Å². The molecule has 1 aliphatic carbocycles. The van der Waals surface area contributed by atoms with Crippen molar-refractivity contribution in [2.24, 2.45) is 17.6 Å². The first-order chi connectivity index (χ1) is 6.67. The number of hydrogen-bond acceptors (Lipinski definition) is 2. The molecule has 1 amide bonds. The minimum atomic E-state index is 0.00547. The smallest absolute Gasteiger partial charge is 0.224 e. The molecule has 3 N–H and O–H groups in total. The van der Waals surface area contributed by atoms with Crippen LogP contribution in [0.25, 0.3) is 0 Å². The highest BCUT2D eigenvalue weighted by molar-refractivity contribution is 5.79. The fourth-order valence-electron chi connectivity index (χ4n) is 2.12. The van der Waals surface area contributed by atoms with Gasteiger partial charge in [-0.05, 0) is 31.6 Å². The monoisotopic (exact) mass is 198 g/mol. The zero-order chi connectivity index (χ0) is 10.6. The van der Waals surface area contributed by atoms with Crippen molar-refractivity contribution in [3.05, 3.63) is 0 Å². The van der Waals surface area contributed by atoms with Crippen molar-refractivity contribution >= 4 is 5.91 Å². The van der Waals surface area contributed by atoms with Crippen LogP contribution in [0.3, 0.4) is 0 Å². The average Bonchev–Trinajstić information content (AvgIpc) is 2.53. The Balaban J connectivity index is 2.32. The lowest BCUT2D eigenvalue weighted by Gasteiger charge is -2.17. The fourth-order valence-corrected chi connectivity index (χ4v) is 2.12. The van der Waals surface area contributed by atoms with Gasteiger partial charge in [0.2, 0.25) is 5.91 Å². The molecular weight excluding hydrogens is 176 g/mol. The second-order valence-electron chi connectivity index (χ2n) is 4.46. The summed E-state index contributed by atoms with van der Waals surface area (Å²) < 4.78 is 0. The Morgan fingerprint density at radius 2 is 2.29 bits per heavy atom. The summed E-state index contributed by atoms with van der Waals surface area (Å²) in [5.41, 5.74) is 5.52. The van der Waals surface area contributed by atoms with E-state index < -0.39 is 0 Å². The molecule has 0 spiro atoms. The molecule has 0 aromatic heterocycles. The Morgan fingerprint density at radius 1 is 1.57 bits per heavy atom. The molecule has 1 rings (SSSR count). The molecule has 0 aromatic carbocycles. The Bertz CT molecular complexity index is 190. The Morgan fingerprint density at radius 3 is 2.71 bits per heavy atom. The van der Waals surface area contributed by atoms with Crippen molar-refractivity contribution in [1.29, 1.82) is 0 Å². The van der Waals surface area contributed by atoms with E-state index in [4.69, 9.17) is 5.73 Å². The maximum Gasteiger partial charge on any atom is 0.224 e. The molecule has 1 aliphatic rings. The second-order valence-corrected chi connectivity index (χ2v) is 4.46. The van der Waals surface area contributed by atoms with Crippen molar-refractivity contribution in [2.75, 3.05) is 6.54 Å². The van der Waals surface area contributed by atoms with Crippen LogP contribution in [0.1, 0.15) is 39.5 Å². The highest BCUT2D eigenvalue weighted by Crippen LogP contribution is 2.24. The summed E-state index contributed by atoms with van der Waals surface area (Å²) >= 11 is 0. The largest absolute Gasteiger partial charge is 0.353 e. The number of hydrogen-bond donors (Lipinski definition) is 2. The molecule has 3 unspecified atom stereocenters. The van der Waals surface area contributed by atoms with Crippen molar-refractivity contribution in [3.63, 3.8) is 0 Å². The van der Waals surface area contributed by atoms with Crippen LogP contribution < -0.4 is 11.1 Å². The van der Waals surface area contributed by atoms with Crippen LogP contribution in [0, 0.1) is 11.8 Å². The molecule has 1 saturated carbocycles. The molecular formula is C11H22N2O. The van der Waals surface area contributed by atoms with Crippen molar-refractivity contribution in [3.8, 4) is 0 Å². The standard InChI is InChI=1S/C11H22N2O/c1-3-9(7-12)11(14)13-10-5-4-8(2)6-10/h8-10H,3-7,12H2,1-2H3,(H,13,14). The highest BCUT2D eigenvalue weighted by atomic mass is 16.1. The lowest BCUT2D eigenvalue weighted by atomic mass is 10.1. The number of carbonyl (C=O) groups is 1. The van der Waals surface area contributed by atoms with E-state index in [1.807, 2.05) is 6.92 Å². The van der Waals surface area contributed by atoms with Crippen LogP contribution in [0.15, 0.2) is 0 Å². The number of amides is 1. The molecule has 0 aliphatic heterocycles. The summed E-state index contributed by atoms with van der Waals surface area (Å²) in [6, 6.07) is 0.401. The molecule has 0 saturated heterocycles. The van der Waals surface area contributed by atoms with E-state index in [1.165, 1.54) is 6.42 Å². The third kappa shape index (κ3) is 2.98. The Labute approximate surface area is 86.4 Å². The summed E-state index contributed by atoms with van der Waals surface area (Å²) in [4.78, 5) is 11.7. The predicted octanol–water partition coefficient (Wildman–Crippen LogP) is 1.28. The second kappa shape index (κ2) is 5.35. The third-order valence-electron chi connectivity index (χ3n) is 3.19. The summed E-state index contributed by atoms with van der Waals surface area (Å²) in [6.07, 6.45) is 4.34. The third-order valence-corrected chi connectivity index (χ3v) is 3.19. The van der Waals surface area contributed by atoms with Gasteiger partial charge in [0, 0.05) is 18.5 Å². The first-order valence-electron chi connectivity index (χ1n) is 5.67. The average molecular weight is 198 g/mol. The van der Waals surface area contributed by atoms with E-state index in [-0.39, 0.29) is 11.8 Å². The number of carbonyl (C=O) groups excluding carboxylic acids is 1. The SMILES string of the molecule is CCC(CN)C(=O)NC1CCC(C)C1. The van der Waals surface area contributed by atoms with Crippen LogP contribution in [-0.4, -0.2) is 18.5 Å². The van der Waals surface area contributed by atoms with Crippen LogP contribution in [-0.2, 0) is 4.79 Å². The molecule has 0 aromatic rings. The zero-order valence-electron chi connectivity index (χ0n) is 9.25. The molecule has 0 heterocycles. The molecule has 82 valence electrons. The first kappa shape index (κ1) is 11.5. The maximum atomic E-state index is 11.7. The van der Waals surface area contributed by atoms with E-state index in [2.05, 4.69) is 12.2 Å². The fraction of sp³-hybridized carbons (Fsp3) is 0.909. The summed E-state index contributed by atoms with van der Waals surface area (Å²) in [5.74, 6) is 0.915. The normalized spacial score (nSPS) is 28.8. The van der Waals surface area contributed by atoms with Gasteiger partial charge in [0.05, 0.1) is 0 Å². The van der Waals surface area contributed by atoms with Gasteiger partial charge in [-0.3, -0.25) is 4.79 Å². The highest BCUT2D eigenvalue weighted by Gasteiger charge is 2.24. The first-order valence-corrected chi connectivity index (χ1v) is 5.67. The summed E-state index contributed by atoms with van der Waals surface area (Å²) in [5, 5.41) is 3.09. The molecule has 14 heavy (non-hydrogen) atoms. The molecule has 3 nitrogen and oxygen atoms in total. The molecule has 0 radical (unpaired) electrons. The molecule has 1 fully saturated rings. The van der Waals surface area contributed by atoms with Crippen molar-refractivity contribution in [1.82, 2.24) is 5.32 Å². The van der Waals surface area contributed by atoms with Crippen LogP contribution in [0.2, 0.25) is 0 Å². The van der Waals surface area contributed by atoms with E-state index in [0.717, 1.165) is 25.2 Å². The van der Waals surface area contributed by atoms with Gasteiger partial charge in [-0.15, -0.1) is 0 Å². The van der Waals surface area contributed by atoms with Crippen LogP contribution in [0.4, 0.5) is 0 Å². The lowest BCUT2D eigenvalue weighted by molar-refractivity contribution is -0.125. The van der Waals surface area contributed by atoms with Crippen LogP contribution >= 0.6 is 0 Å². The van der Waals surface area contributed by atoms with Crippen molar-refractivity contribution in [2.45, 2.75) is 45.6 Å². The summed E-state index contributed by atoms with van der Waals surface area (Å²) in [7, 11) is 0. The minimum Gasteiger partial charge on any atom is -0.353 e. The van der Waals surface area contributed by atoms with E-state index in [1.54, 1.807) is 0 Å². The Kier molecular flexibility index (Phi) is 4.39. The van der Waals surface area contributed by atoms with Crippen molar-refractivity contribution < 1.29 is 4.79 Å². The lowest BCUT2D eigenvalue weighted by Crippen LogP contribution is -2.40. The molecule has 3 heteroatoms. The van der Waals surface area contributed by atoms with Gasteiger partial charge in [-0.25, -0.2) is 0 Å². The van der Waals surface area contributed by atoms with E-state index >= 15 is 0 Å². The van der Waals surface area contributed by atoms with Gasteiger partial charge in [-0.2, -0.15) is 0 Å². The summed E-state index contributed by atoms with van der Waals surface area (Å²) in [6.45, 7) is 4.71. The van der Waals surface area contributed by atoms with E-state index in [9.17, 15) is 4.79 Å². The topological polar surface area (TPSA) is 55.1 Å². The van der Waals surface area contributed by atoms with Crippen LogP contribution in [0.5, 0.6) is 0 Å². The van der Waals surface area contributed by atoms with E-state index in [0.29, 0.717) is 12.6 Å². The molecule has 3 atom stereocenters. The van der Waals surface area contributed by atoms with Gasteiger partial charge < -0.3 is 11.1 Å². The minimum absolute atomic E-state index is 0.00547. The quantitative estimate of drug-likeness (QED) is 0.715. The van der Waals surface area contributed by atoms with Gasteiger partial charge >= 0.3 is 0 Å². The van der Waals surface area contributed by atoms with Gasteiger partial charge in [-0.1, -0.05) is 13.8 Å². The number of nitrogens with one attached hydrogen (secondary N) is 1. The van der Waals surface area contributed by atoms with Gasteiger partial charge in [0.15, 0.2) is 0 Å². The number of nitrogens with two attached hydrogens (primary N) is 1. The predicted molar refractivity (Wildman–Crippen MR) is 57.8 cm³/mol. The molecule has 0 bridgehead atoms. The number of rotatable bonds is 4. The zero-order valence-corrected chi connectivity index (χ0v) is 9.25.